The Kier molecular flexibility index (Phi) is 1.35. The van der Waals surface area contributed by atoms with Gasteiger partial charge in [0.15, 0.2) is 0 Å². The lowest BCUT2D eigenvalue weighted by Gasteiger charge is -2.10. The van der Waals surface area contributed by atoms with E-state index in [1.807, 2.05) is 0 Å². The molecular weight excluding hydrogens is 195 g/mol. The normalized spacial score (nSPS) is 20.9. The van der Waals surface area contributed by atoms with E-state index in [4.69, 9.17) is 5.73 Å². The van der Waals surface area contributed by atoms with Crippen molar-refractivity contribution in [2.24, 2.45) is 0 Å². The van der Waals surface area contributed by atoms with Crippen LogP contribution in [0.25, 0.3) is 0 Å². The molecule has 0 atom stereocenters. The highest BCUT2D eigenvalue weighted by molar-refractivity contribution is 6.10. The first-order valence-corrected chi connectivity index (χ1v) is 4.94. The summed E-state index contributed by atoms with van der Waals surface area (Å²) in [6, 6.07) is 2.97. The standard InChI is InChI=1S/C11H11FN2O/c1-14-9-5-7(12)8(13)4-6(9)11(2-3-11)10(14)15/h4-5H,2-3,13H2,1H3. The minimum Gasteiger partial charge on any atom is -0.396 e. The lowest BCUT2D eigenvalue weighted by Crippen LogP contribution is -2.27. The number of likely N-dealkylation sites (N-methyl/N-ethyl adjacent to an activating group) is 1. The van der Waals surface area contributed by atoms with Gasteiger partial charge in [-0.2, -0.15) is 0 Å². The molecule has 3 nitrogen and oxygen atoms in total. The summed E-state index contributed by atoms with van der Waals surface area (Å²) in [4.78, 5) is 13.5. The Morgan fingerprint density at radius 3 is 2.73 bits per heavy atom. The zero-order valence-corrected chi connectivity index (χ0v) is 8.38. The van der Waals surface area contributed by atoms with Gasteiger partial charge in [0.05, 0.1) is 16.8 Å². The van der Waals surface area contributed by atoms with E-state index in [1.165, 1.54) is 11.0 Å². The average molecular weight is 206 g/mol. The highest BCUT2D eigenvalue weighted by Gasteiger charge is 2.58. The minimum atomic E-state index is -0.453. The monoisotopic (exact) mass is 206 g/mol. The van der Waals surface area contributed by atoms with Gasteiger partial charge in [-0.25, -0.2) is 4.39 Å². The number of nitrogens with zero attached hydrogens (tertiary/aromatic N) is 1. The van der Waals surface area contributed by atoms with Gasteiger partial charge in [-0.1, -0.05) is 0 Å². The van der Waals surface area contributed by atoms with Crippen molar-refractivity contribution >= 4 is 17.3 Å². The number of nitrogens with two attached hydrogens (primary N) is 1. The number of carbonyl (C=O) groups is 1. The molecule has 1 fully saturated rings. The number of rotatable bonds is 0. The maximum absolute atomic E-state index is 13.3. The van der Waals surface area contributed by atoms with Gasteiger partial charge in [0.2, 0.25) is 5.91 Å². The third kappa shape index (κ3) is 0.868. The Labute approximate surface area is 86.7 Å². The summed E-state index contributed by atoms with van der Waals surface area (Å²) in [5.41, 5.74) is 6.85. The second kappa shape index (κ2) is 2.32. The molecule has 0 saturated heterocycles. The molecule has 1 aliphatic heterocycles. The molecule has 1 saturated carbocycles. The SMILES string of the molecule is CN1C(=O)C2(CC2)c2cc(N)c(F)cc21. The first-order chi connectivity index (χ1) is 7.06. The second-order valence-corrected chi connectivity index (χ2v) is 4.34. The number of anilines is 2. The van der Waals surface area contributed by atoms with Crippen LogP contribution in [0, 0.1) is 5.82 Å². The molecule has 78 valence electrons. The van der Waals surface area contributed by atoms with Crippen LogP contribution in [0.5, 0.6) is 0 Å². The van der Waals surface area contributed by atoms with Crippen LogP contribution >= 0.6 is 0 Å². The summed E-state index contributed by atoms with van der Waals surface area (Å²) in [5, 5.41) is 0. The molecular formula is C11H11FN2O. The van der Waals surface area contributed by atoms with E-state index in [0.717, 1.165) is 18.4 Å². The van der Waals surface area contributed by atoms with Crippen molar-refractivity contribution < 1.29 is 9.18 Å². The molecule has 1 aliphatic carbocycles. The summed E-state index contributed by atoms with van der Waals surface area (Å²) in [7, 11) is 1.68. The lowest BCUT2D eigenvalue weighted by molar-refractivity contribution is -0.119. The van der Waals surface area contributed by atoms with Crippen LogP contribution in [0.1, 0.15) is 18.4 Å². The molecule has 2 N–H and O–H groups in total. The summed E-state index contributed by atoms with van der Waals surface area (Å²) < 4.78 is 13.3. The molecule has 2 aliphatic rings. The van der Waals surface area contributed by atoms with Gasteiger partial charge < -0.3 is 10.6 Å². The van der Waals surface area contributed by atoms with Gasteiger partial charge in [-0.15, -0.1) is 0 Å². The van der Waals surface area contributed by atoms with Crippen LogP contribution < -0.4 is 10.6 Å². The molecule has 3 rings (SSSR count). The van der Waals surface area contributed by atoms with Gasteiger partial charge >= 0.3 is 0 Å². The van der Waals surface area contributed by atoms with E-state index >= 15 is 0 Å². The van der Waals surface area contributed by atoms with E-state index in [2.05, 4.69) is 0 Å². The predicted octanol–water partition coefficient (Wildman–Crippen LogP) is 1.42. The highest BCUT2D eigenvalue weighted by atomic mass is 19.1. The summed E-state index contributed by atoms with van der Waals surface area (Å²) in [5.74, 6) is -0.381. The third-order valence-electron chi connectivity index (χ3n) is 3.46. The number of nitrogen functional groups attached to an aromatic ring is 1. The van der Waals surface area contributed by atoms with Crippen molar-refractivity contribution in [3.8, 4) is 0 Å². The molecule has 15 heavy (non-hydrogen) atoms. The number of carbonyl (C=O) groups excluding carboxylic acids is 1. The highest BCUT2D eigenvalue weighted by Crippen LogP contribution is 2.57. The summed E-state index contributed by atoms with van der Waals surface area (Å²) in [6.45, 7) is 0. The van der Waals surface area contributed by atoms with E-state index in [-0.39, 0.29) is 17.0 Å². The van der Waals surface area contributed by atoms with Crippen molar-refractivity contribution in [1.29, 1.82) is 0 Å². The third-order valence-corrected chi connectivity index (χ3v) is 3.46. The molecule has 0 unspecified atom stereocenters. The van der Waals surface area contributed by atoms with E-state index in [0.29, 0.717) is 5.69 Å². The Hall–Kier alpha value is -1.58. The van der Waals surface area contributed by atoms with Crippen LogP contribution in [-0.4, -0.2) is 13.0 Å². The van der Waals surface area contributed by atoms with E-state index in [1.54, 1.807) is 13.1 Å². The number of hydrogen-bond donors (Lipinski definition) is 1. The molecule has 0 radical (unpaired) electrons. The molecule has 0 bridgehead atoms. The van der Waals surface area contributed by atoms with Crippen LogP contribution in [-0.2, 0) is 10.2 Å². The van der Waals surface area contributed by atoms with Gasteiger partial charge in [-0.05, 0) is 24.5 Å². The fourth-order valence-corrected chi connectivity index (χ4v) is 2.39. The van der Waals surface area contributed by atoms with Crippen molar-refractivity contribution in [3.63, 3.8) is 0 Å². The van der Waals surface area contributed by atoms with Crippen molar-refractivity contribution in [2.45, 2.75) is 18.3 Å². The number of hydrogen-bond acceptors (Lipinski definition) is 2. The van der Waals surface area contributed by atoms with Crippen LogP contribution in [0.15, 0.2) is 12.1 Å². The van der Waals surface area contributed by atoms with E-state index < -0.39 is 5.82 Å². The number of amides is 1. The predicted molar refractivity (Wildman–Crippen MR) is 55.1 cm³/mol. The van der Waals surface area contributed by atoms with E-state index in [9.17, 15) is 9.18 Å². The Bertz CT molecular complexity index is 480. The quantitative estimate of drug-likeness (QED) is 0.652. The average Bonchev–Trinajstić information content (AvgIpc) is 2.97. The summed E-state index contributed by atoms with van der Waals surface area (Å²) >= 11 is 0. The minimum absolute atomic E-state index is 0.0718. The van der Waals surface area contributed by atoms with Gasteiger partial charge in [-0.3, -0.25) is 4.79 Å². The van der Waals surface area contributed by atoms with Crippen molar-refractivity contribution in [1.82, 2.24) is 0 Å². The largest absolute Gasteiger partial charge is 0.396 e. The van der Waals surface area contributed by atoms with Crippen LogP contribution in [0.4, 0.5) is 15.8 Å². The fourth-order valence-electron chi connectivity index (χ4n) is 2.39. The Morgan fingerprint density at radius 2 is 2.13 bits per heavy atom. The molecule has 0 aromatic heterocycles. The maximum Gasteiger partial charge on any atom is 0.237 e. The first kappa shape index (κ1) is 8.71. The van der Waals surface area contributed by atoms with Gasteiger partial charge in [0.25, 0.3) is 0 Å². The lowest BCUT2D eigenvalue weighted by atomic mass is 9.97. The molecule has 1 spiro atoms. The smallest absolute Gasteiger partial charge is 0.237 e. The Morgan fingerprint density at radius 1 is 1.47 bits per heavy atom. The molecule has 1 aromatic rings. The number of fused-ring (bicyclic) bond motifs is 2. The number of halogens is 1. The van der Waals surface area contributed by atoms with Gasteiger partial charge in [0, 0.05) is 13.1 Å². The zero-order valence-electron chi connectivity index (χ0n) is 8.38. The van der Waals surface area contributed by atoms with Crippen LogP contribution in [0.3, 0.4) is 0 Å². The van der Waals surface area contributed by atoms with Crippen molar-refractivity contribution in [3.05, 3.63) is 23.5 Å². The van der Waals surface area contributed by atoms with Crippen molar-refractivity contribution in [2.75, 3.05) is 17.7 Å². The molecule has 1 amide bonds. The van der Waals surface area contributed by atoms with Gasteiger partial charge in [0.1, 0.15) is 5.82 Å². The zero-order chi connectivity index (χ0) is 10.8. The molecule has 1 aromatic carbocycles. The summed E-state index contributed by atoms with van der Waals surface area (Å²) in [6.07, 6.45) is 1.71. The molecule has 4 heteroatoms. The fraction of sp³-hybridized carbons (Fsp3) is 0.364. The van der Waals surface area contributed by atoms with Crippen LogP contribution in [0.2, 0.25) is 0 Å². The Balaban J connectivity index is 2.28. The molecule has 1 heterocycles. The topological polar surface area (TPSA) is 46.3 Å². The number of benzene rings is 1. The maximum atomic E-state index is 13.3. The second-order valence-electron chi connectivity index (χ2n) is 4.34. The first-order valence-electron chi connectivity index (χ1n) is 4.94.